The quantitative estimate of drug-likeness (QED) is 0.406. The molecular weight excluding hydrogens is 340 g/mol. The van der Waals surface area contributed by atoms with Gasteiger partial charge < -0.3 is 4.90 Å². The Morgan fingerprint density at radius 1 is 0.923 bits per heavy atom. The van der Waals surface area contributed by atoms with Gasteiger partial charge in [-0.2, -0.15) is 0 Å². The van der Waals surface area contributed by atoms with Gasteiger partial charge in [0, 0.05) is 29.1 Å². The zero-order valence-corrected chi connectivity index (χ0v) is 15.4. The van der Waals surface area contributed by atoms with E-state index in [0.29, 0.717) is 0 Å². The summed E-state index contributed by atoms with van der Waals surface area (Å²) in [5.74, 6) is 0. The molecule has 3 heteroatoms. The van der Waals surface area contributed by atoms with E-state index in [2.05, 4.69) is 54.4 Å². The van der Waals surface area contributed by atoms with Crippen molar-refractivity contribution in [3.63, 3.8) is 0 Å². The maximum atomic E-state index is 6.53. The van der Waals surface area contributed by atoms with Gasteiger partial charge >= 0.3 is 0 Å². The second-order valence-electron chi connectivity index (χ2n) is 7.07. The molecule has 1 aliphatic rings. The van der Waals surface area contributed by atoms with Crippen molar-refractivity contribution < 1.29 is 0 Å². The van der Waals surface area contributed by atoms with Gasteiger partial charge in [-0.15, -0.1) is 0 Å². The maximum absolute atomic E-state index is 6.53. The Labute approximate surface area is 158 Å². The normalized spacial score (nSPS) is 14.7. The number of hydrogen-bond donors (Lipinski definition) is 0. The summed E-state index contributed by atoms with van der Waals surface area (Å²) in [4.78, 5) is 7.46. The Balaban J connectivity index is 1.92. The van der Waals surface area contributed by atoms with Gasteiger partial charge in [0.15, 0.2) is 0 Å². The van der Waals surface area contributed by atoms with Crippen LogP contribution in [0.3, 0.4) is 0 Å². The lowest BCUT2D eigenvalue weighted by molar-refractivity contribution is 0.314. The number of nitrogens with zero attached hydrogens (tertiary/aromatic N) is 2. The van der Waals surface area contributed by atoms with E-state index < -0.39 is 0 Å². The molecule has 0 spiro atoms. The molecule has 0 saturated carbocycles. The highest BCUT2D eigenvalue weighted by Crippen LogP contribution is 2.38. The first-order valence-electron chi connectivity index (χ1n) is 8.99. The average Bonchev–Trinajstić information content (AvgIpc) is 2.67. The molecule has 0 aliphatic carbocycles. The van der Waals surface area contributed by atoms with Crippen molar-refractivity contribution >= 4 is 33.3 Å². The fourth-order valence-corrected chi connectivity index (χ4v) is 4.35. The lowest BCUT2D eigenvalue weighted by Gasteiger charge is -2.28. The third-order valence-corrected chi connectivity index (χ3v) is 5.72. The largest absolute Gasteiger partial charge is 0.302 e. The van der Waals surface area contributed by atoms with Crippen LogP contribution in [-0.2, 0) is 13.0 Å². The molecule has 0 saturated heterocycles. The van der Waals surface area contributed by atoms with Crippen molar-refractivity contribution in [2.45, 2.75) is 13.0 Å². The predicted molar refractivity (Wildman–Crippen MR) is 110 cm³/mol. The number of halogens is 1. The second-order valence-corrected chi connectivity index (χ2v) is 7.47. The van der Waals surface area contributed by atoms with E-state index in [1.807, 2.05) is 18.2 Å². The smallest absolute Gasteiger partial charge is 0.0772 e. The summed E-state index contributed by atoms with van der Waals surface area (Å²) in [6, 6.07) is 21.0. The van der Waals surface area contributed by atoms with Crippen LogP contribution in [0.4, 0.5) is 0 Å². The van der Waals surface area contributed by atoms with E-state index in [4.69, 9.17) is 16.6 Å². The summed E-state index contributed by atoms with van der Waals surface area (Å²) in [5.41, 5.74) is 5.85. The molecular formula is C23H19ClN2. The Bertz CT molecular complexity index is 1150. The number of fused-ring (bicyclic) bond motifs is 5. The first kappa shape index (κ1) is 15.8. The van der Waals surface area contributed by atoms with Gasteiger partial charge in [0.1, 0.15) is 0 Å². The number of benzene rings is 3. The van der Waals surface area contributed by atoms with Crippen molar-refractivity contribution in [1.29, 1.82) is 0 Å². The van der Waals surface area contributed by atoms with Gasteiger partial charge in [0.25, 0.3) is 0 Å². The molecule has 26 heavy (non-hydrogen) atoms. The molecule has 5 rings (SSSR count). The fraction of sp³-hybridized carbons (Fsp3) is 0.174. The molecule has 0 amide bonds. The zero-order chi connectivity index (χ0) is 17.7. The third kappa shape index (κ3) is 2.41. The fourth-order valence-electron chi connectivity index (χ4n) is 4.13. The van der Waals surface area contributed by atoms with Crippen LogP contribution in [0.15, 0.2) is 60.7 Å². The zero-order valence-electron chi connectivity index (χ0n) is 14.7. The number of pyridine rings is 1. The molecule has 0 unspecified atom stereocenters. The molecule has 2 heterocycles. The molecule has 0 atom stereocenters. The topological polar surface area (TPSA) is 16.1 Å². The molecule has 3 aromatic carbocycles. The number of hydrogen-bond acceptors (Lipinski definition) is 2. The van der Waals surface area contributed by atoms with Gasteiger partial charge in [-0.25, -0.2) is 4.98 Å². The van der Waals surface area contributed by atoms with Crippen molar-refractivity contribution in [2.24, 2.45) is 0 Å². The van der Waals surface area contributed by atoms with Crippen LogP contribution in [0.2, 0.25) is 5.02 Å². The van der Waals surface area contributed by atoms with E-state index in [1.54, 1.807) is 0 Å². The van der Waals surface area contributed by atoms with Crippen LogP contribution in [-0.4, -0.2) is 23.5 Å². The molecule has 128 valence electrons. The van der Waals surface area contributed by atoms with E-state index in [1.165, 1.54) is 27.3 Å². The molecule has 1 aromatic heterocycles. The SMILES string of the molecule is CN1CCc2c(c(-c3ccccc3Cl)nc3ccc4ccccc4c23)C1. The van der Waals surface area contributed by atoms with Crippen LogP contribution in [0, 0.1) is 0 Å². The Kier molecular flexibility index (Phi) is 3.70. The van der Waals surface area contributed by atoms with Gasteiger partial charge in [0.05, 0.1) is 11.2 Å². The third-order valence-electron chi connectivity index (χ3n) is 5.39. The van der Waals surface area contributed by atoms with Crippen LogP contribution in [0.1, 0.15) is 11.1 Å². The number of likely N-dealkylation sites (N-methyl/N-ethyl adjacent to an activating group) is 1. The predicted octanol–water partition coefficient (Wildman–Crippen LogP) is 5.70. The minimum Gasteiger partial charge on any atom is -0.302 e. The summed E-state index contributed by atoms with van der Waals surface area (Å²) in [5, 5.41) is 4.63. The van der Waals surface area contributed by atoms with Crippen molar-refractivity contribution in [1.82, 2.24) is 9.88 Å². The standard InChI is InChI=1S/C23H19ClN2/c1-26-13-12-17-19(14-26)23(18-8-4-5-9-20(18)24)25-21-11-10-15-6-2-3-7-16(15)22(17)21/h2-11H,12-14H2,1H3. The molecule has 4 aromatic rings. The van der Waals surface area contributed by atoms with Gasteiger partial charge in [-0.05, 0) is 47.5 Å². The van der Waals surface area contributed by atoms with Crippen molar-refractivity contribution in [3.05, 3.63) is 76.8 Å². The molecule has 0 radical (unpaired) electrons. The van der Waals surface area contributed by atoms with E-state index in [0.717, 1.165) is 41.3 Å². The van der Waals surface area contributed by atoms with Crippen molar-refractivity contribution in [2.75, 3.05) is 13.6 Å². The summed E-state index contributed by atoms with van der Waals surface area (Å²) in [6.07, 6.45) is 1.04. The Morgan fingerprint density at radius 3 is 2.62 bits per heavy atom. The number of rotatable bonds is 1. The first-order chi connectivity index (χ1) is 12.7. The average molecular weight is 359 g/mol. The molecule has 2 nitrogen and oxygen atoms in total. The Morgan fingerprint density at radius 2 is 1.73 bits per heavy atom. The van der Waals surface area contributed by atoms with E-state index in [9.17, 15) is 0 Å². The molecule has 1 aliphatic heterocycles. The summed E-state index contributed by atoms with van der Waals surface area (Å²) in [7, 11) is 2.17. The van der Waals surface area contributed by atoms with Crippen LogP contribution in [0.25, 0.3) is 32.9 Å². The minimum atomic E-state index is 0.760. The number of aromatic nitrogens is 1. The van der Waals surface area contributed by atoms with Gasteiger partial charge in [-0.3, -0.25) is 0 Å². The van der Waals surface area contributed by atoms with Crippen molar-refractivity contribution in [3.8, 4) is 11.3 Å². The first-order valence-corrected chi connectivity index (χ1v) is 9.37. The summed E-state index contributed by atoms with van der Waals surface area (Å²) in [6.45, 7) is 1.97. The highest BCUT2D eigenvalue weighted by Gasteiger charge is 2.23. The summed E-state index contributed by atoms with van der Waals surface area (Å²) < 4.78 is 0. The summed E-state index contributed by atoms with van der Waals surface area (Å²) >= 11 is 6.53. The minimum absolute atomic E-state index is 0.760. The monoisotopic (exact) mass is 358 g/mol. The highest BCUT2D eigenvalue weighted by molar-refractivity contribution is 6.33. The van der Waals surface area contributed by atoms with Crippen LogP contribution in [0.5, 0.6) is 0 Å². The van der Waals surface area contributed by atoms with Crippen LogP contribution < -0.4 is 0 Å². The molecule has 0 fully saturated rings. The van der Waals surface area contributed by atoms with Crippen LogP contribution >= 0.6 is 11.6 Å². The van der Waals surface area contributed by atoms with E-state index in [-0.39, 0.29) is 0 Å². The van der Waals surface area contributed by atoms with Gasteiger partial charge in [0.2, 0.25) is 0 Å². The van der Waals surface area contributed by atoms with E-state index >= 15 is 0 Å². The lowest BCUT2D eigenvalue weighted by Crippen LogP contribution is -2.27. The maximum Gasteiger partial charge on any atom is 0.0772 e. The Hall–Kier alpha value is -2.42. The van der Waals surface area contributed by atoms with Gasteiger partial charge in [-0.1, -0.05) is 60.1 Å². The highest BCUT2D eigenvalue weighted by atomic mass is 35.5. The molecule has 0 bridgehead atoms. The second kappa shape index (κ2) is 6.08. The molecule has 0 N–H and O–H groups in total. The lowest BCUT2D eigenvalue weighted by atomic mass is 9.89.